The molecule has 0 bridgehead atoms. The maximum Gasteiger partial charge on any atom is 0.110 e. The van der Waals surface area contributed by atoms with Gasteiger partial charge in [-0.1, -0.05) is 61.2 Å². The van der Waals surface area contributed by atoms with E-state index in [2.05, 4.69) is 47.2 Å². The van der Waals surface area contributed by atoms with Crippen LogP contribution in [-0.4, -0.2) is 5.84 Å². The van der Waals surface area contributed by atoms with E-state index in [0.29, 0.717) is 0 Å². The van der Waals surface area contributed by atoms with E-state index in [0.717, 1.165) is 34.8 Å². The topological polar surface area (TPSA) is 24.4 Å². The molecule has 2 nitrogen and oxygen atoms in total. The van der Waals surface area contributed by atoms with Crippen molar-refractivity contribution >= 4 is 23.3 Å². The highest BCUT2D eigenvalue weighted by Crippen LogP contribution is 2.23. The van der Waals surface area contributed by atoms with E-state index in [1.165, 1.54) is 0 Å². The van der Waals surface area contributed by atoms with Crippen LogP contribution in [0.5, 0.6) is 0 Å². The molecular formula is C18H16N2. The molecule has 0 unspecified atom stereocenters. The van der Waals surface area contributed by atoms with Crippen molar-refractivity contribution in [2.75, 3.05) is 5.32 Å². The minimum atomic E-state index is 0.841. The van der Waals surface area contributed by atoms with Gasteiger partial charge in [-0.05, 0) is 23.3 Å². The van der Waals surface area contributed by atoms with Crippen LogP contribution in [0, 0.1) is 0 Å². The Balaban J connectivity index is 1.74. The van der Waals surface area contributed by atoms with E-state index in [9.17, 15) is 0 Å². The molecule has 0 radical (unpaired) electrons. The highest BCUT2D eigenvalue weighted by molar-refractivity contribution is 6.03. The molecule has 0 saturated heterocycles. The summed E-state index contributed by atoms with van der Waals surface area (Å²) >= 11 is 0. The van der Waals surface area contributed by atoms with Crippen molar-refractivity contribution < 1.29 is 0 Å². The van der Waals surface area contributed by atoms with Gasteiger partial charge >= 0.3 is 0 Å². The first-order chi connectivity index (χ1) is 9.85. The molecule has 1 N–H and O–H groups in total. The van der Waals surface area contributed by atoms with Crippen LogP contribution in [-0.2, 0) is 0 Å². The predicted octanol–water partition coefficient (Wildman–Crippen LogP) is 4.58. The first-order valence-electron chi connectivity index (χ1n) is 6.68. The fourth-order valence-corrected chi connectivity index (χ4v) is 2.17. The lowest BCUT2D eigenvalue weighted by Crippen LogP contribution is -2.08. The van der Waals surface area contributed by atoms with Gasteiger partial charge in [-0.3, -0.25) is 0 Å². The average molecular weight is 260 g/mol. The molecule has 0 aliphatic carbocycles. The van der Waals surface area contributed by atoms with Crippen molar-refractivity contribution in [3.63, 3.8) is 0 Å². The summed E-state index contributed by atoms with van der Waals surface area (Å²) in [6.45, 7) is 3.76. The minimum Gasteiger partial charge on any atom is -0.343 e. The van der Waals surface area contributed by atoms with E-state index in [1.54, 1.807) is 0 Å². The summed E-state index contributed by atoms with van der Waals surface area (Å²) in [4.78, 5) is 4.65. The number of hydrogen-bond donors (Lipinski definition) is 1. The largest absolute Gasteiger partial charge is 0.343 e. The summed E-state index contributed by atoms with van der Waals surface area (Å²) < 4.78 is 0. The summed E-state index contributed by atoms with van der Waals surface area (Å²) in [6, 6.07) is 18.4. The third-order valence-corrected chi connectivity index (χ3v) is 3.25. The summed E-state index contributed by atoms with van der Waals surface area (Å²) in [6.07, 6.45) is 4.83. The molecule has 0 amide bonds. The SMILES string of the molecule is C=Cc1ccc(C2=CCC(Nc3ccccc3)=N2)cc1. The van der Waals surface area contributed by atoms with Crippen LogP contribution in [0.1, 0.15) is 17.5 Å². The van der Waals surface area contributed by atoms with Gasteiger partial charge in [0.2, 0.25) is 0 Å². The fourth-order valence-electron chi connectivity index (χ4n) is 2.17. The second-order valence-corrected chi connectivity index (χ2v) is 4.67. The van der Waals surface area contributed by atoms with Crippen LogP contribution in [0.25, 0.3) is 11.8 Å². The summed E-state index contributed by atoms with van der Waals surface area (Å²) in [5.74, 6) is 0.985. The van der Waals surface area contributed by atoms with Crippen molar-refractivity contribution in [2.45, 2.75) is 6.42 Å². The van der Waals surface area contributed by atoms with Crippen molar-refractivity contribution in [1.82, 2.24) is 0 Å². The lowest BCUT2D eigenvalue weighted by molar-refractivity contribution is 1.47. The second-order valence-electron chi connectivity index (χ2n) is 4.67. The van der Waals surface area contributed by atoms with Gasteiger partial charge in [-0.2, -0.15) is 0 Å². The third kappa shape index (κ3) is 2.69. The second kappa shape index (κ2) is 5.57. The fraction of sp³-hybridized carbons (Fsp3) is 0.0556. The Bertz CT molecular complexity index is 664. The highest BCUT2D eigenvalue weighted by Gasteiger charge is 2.10. The zero-order chi connectivity index (χ0) is 13.8. The molecule has 2 aromatic rings. The van der Waals surface area contributed by atoms with Crippen LogP contribution in [0.15, 0.2) is 72.2 Å². The predicted molar refractivity (Wildman–Crippen MR) is 86.6 cm³/mol. The van der Waals surface area contributed by atoms with E-state index in [-0.39, 0.29) is 0 Å². The van der Waals surface area contributed by atoms with Gasteiger partial charge in [0.15, 0.2) is 0 Å². The number of anilines is 1. The Morgan fingerprint density at radius 2 is 1.75 bits per heavy atom. The van der Waals surface area contributed by atoms with Crippen molar-refractivity contribution in [2.24, 2.45) is 4.99 Å². The molecule has 1 aliphatic heterocycles. The van der Waals surface area contributed by atoms with E-state index < -0.39 is 0 Å². The zero-order valence-electron chi connectivity index (χ0n) is 11.2. The van der Waals surface area contributed by atoms with Crippen LogP contribution in [0.2, 0.25) is 0 Å². The Morgan fingerprint density at radius 3 is 2.45 bits per heavy atom. The van der Waals surface area contributed by atoms with E-state index >= 15 is 0 Å². The Kier molecular flexibility index (Phi) is 3.46. The Labute approximate surface area is 119 Å². The average Bonchev–Trinajstić information content (AvgIpc) is 2.97. The monoisotopic (exact) mass is 260 g/mol. The summed E-state index contributed by atoms with van der Waals surface area (Å²) in [5.41, 5.74) is 4.36. The van der Waals surface area contributed by atoms with Gasteiger partial charge in [-0.15, -0.1) is 0 Å². The van der Waals surface area contributed by atoms with Gasteiger partial charge in [0, 0.05) is 12.1 Å². The van der Waals surface area contributed by atoms with Gasteiger partial charge < -0.3 is 5.32 Å². The lowest BCUT2D eigenvalue weighted by Gasteiger charge is -2.04. The molecule has 2 heteroatoms. The van der Waals surface area contributed by atoms with Gasteiger partial charge in [0.1, 0.15) is 5.84 Å². The maximum absolute atomic E-state index is 4.65. The molecule has 2 aromatic carbocycles. The van der Waals surface area contributed by atoms with Crippen molar-refractivity contribution in [3.8, 4) is 0 Å². The summed E-state index contributed by atoms with van der Waals surface area (Å²) in [5, 5.41) is 3.34. The van der Waals surface area contributed by atoms with Crippen molar-refractivity contribution in [3.05, 3.63) is 78.4 Å². The molecule has 0 fully saturated rings. The first kappa shape index (κ1) is 12.4. The van der Waals surface area contributed by atoms with Gasteiger partial charge in [0.05, 0.1) is 5.70 Å². The quantitative estimate of drug-likeness (QED) is 0.858. The molecule has 20 heavy (non-hydrogen) atoms. The molecule has 0 spiro atoms. The number of amidine groups is 1. The summed E-state index contributed by atoms with van der Waals surface area (Å²) in [7, 11) is 0. The molecule has 0 aromatic heterocycles. The smallest absolute Gasteiger partial charge is 0.110 e. The number of rotatable bonds is 3. The molecule has 0 atom stereocenters. The van der Waals surface area contributed by atoms with Crippen molar-refractivity contribution in [1.29, 1.82) is 0 Å². The molecule has 1 aliphatic rings. The van der Waals surface area contributed by atoms with Gasteiger partial charge in [0.25, 0.3) is 0 Å². The maximum atomic E-state index is 4.65. The van der Waals surface area contributed by atoms with Crippen LogP contribution in [0.3, 0.4) is 0 Å². The van der Waals surface area contributed by atoms with Gasteiger partial charge in [-0.25, -0.2) is 4.99 Å². The van der Waals surface area contributed by atoms with Crippen LogP contribution >= 0.6 is 0 Å². The molecule has 0 saturated carbocycles. The van der Waals surface area contributed by atoms with Crippen LogP contribution in [0.4, 0.5) is 5.69 Å². The molecule has 1 heterocycles. The highest BCUT2D eigenvalue weighted by atomic mass is 15.0. The number of nitrogens with zero attached hydrogens (tertiary/aromatic N) is 1. The lowest BCUT2D eigenvalue weighted by atomic mass is 10.1. The normalized spacial score (nSPS) is 13.6. The molecule has 3 rings (SSSR count). The minimum absolute atomic E-state index is 0.841. The number of benzene rings is 2. The molecule has 98 valence electrons. The first-order valence-corrected chi connectivity index (χ1v) is 6.68. The number of nitrogens with one attached hydrogen (secondary N) is 1. The Hall–Kier alpha value is -2.61. The molecular weight excluding hydrogens is 244 g/mol. The van der Waals surface area contributed by atoms with E-state index in [4.69, 9.17) is 0 Å². The number of hydrogen-bond acceptors (Lipinski definition) is 2. The number of para-hydroxylation sites is 1. The standard InChI is InChI=1S/C18H16N2/c1-2-14-8-10-15(11-9-14)17-12-13-18(20-17)19-16-6-4-3-5-7-16/h2-12H,1,13H2,(H,19,20). The zero-order valence-corrected chi connectivity index (χ0v) is 11.2. The van der Waals surface area contributed by atoms with Crippen LogP contribution < -0.4 is 5.32 Å². The third-order valence-electron chi connectivity index (χ3n) is 3.25. The number of aliphatic imine (C=N–C) groups is 1. The Morgan fingerprint density at radius 1 is 1.00 bits per heavy atom. The van der Waals surface area contributed by atoms with E-state index in [1.807, 2.05) is 36.4 Å².